The summed E-state index contributed by atoms with van der Waals surface area (Å²) in [5.74, 6) is 0. The minimum absolute atomic E-state index is 0.0141. The van der Waals surface area contributed by atoms with Gasteiger partial charge < -0.3 is 29.4 Å². The normalized spacial score (nSPS) is 16.3. The average Bonchev–Trinajstić information content (AvgIpc) is 0.675. The predicted octanol–water partition coefficient (Wildman–Crippen LogP) is 21.5. The topological polar surface area (TPSA) is 19.4 Å². The van der Waals surface area contributed by atoms with Gasteiger partial charge in [-0.15, -0.1) is 0 Å². The molecular formula is C94H82B2N6. The Morgan fingerprint density at radius 1 is 0.225 bits per heavy atom. The Labute approximate surface area is 602 Å². The van der Waals surface area contributed by atoms with Crippen molar-refractivity contribution in [1.29, 1.82) is 0 Å². The fourth-order valence-corrected chi connectivity index (χ4v) is 18.5. The van der Waals surface area contributed by atoms with Gasteiger partial charge in [-0.3, -0.25) is 0 Å². The molecule has 102 heavy (non-hydrogen) atoms. The van der Waals surface area contributed by atoms with Crippen molar-refractivity contribution in [2.75, 3.05) is 29.4 Å². The SMILES string of the molecule is CC1(C)CCC(C)(C)c2cc(N3c4ccccc4B4c5cc6c(cc5N(c5ccccc5)c5cc(N(c7ccccc7)c7ccccc7)cc3c54)N(c3ccccc3)c3cc(N(c4ccccc4)c4ccccc4)cc4c3B6c3ccccc3N4c3ccc4c(c3)C(C)(C)CCC4(C)C)ccc21. The minimum Gasteiger partial charge on any atom is -0.311 e. The van der Waals surface area contributed by atoms with E-state index in [2.05, 4.69) is 388 Å². The van der Waals surface area contributed by atoms with E-state index in [1.807, 2.05) is 0 Å². The van der Waals surface area contributed by atoms with E-state index in [0.717, 1.165) is 93.9 Å². The Morgan fingerprint density at radius 2 is 0.510 bits per heavy atom. The van der Waals surface area contributed by atoms with Crippen LogP contribution in [0.5, 0.6) is 0 Å². The number of rotatable bonds is 10. The van der Waals surface area contributed by atoms with E-state index in [4.69, 9.17) is 0 Å². The third-order valence-corrected chi connectivity index (χ3v) is 23.8. The highest BCUT2D eigenvalue weighted by Gasteiger charge is 2.50. The van der Waals surface area contributed by atoms with Gasteiger partial charge in [-0.1, -0.05) is 219 Å². The standard InChI is InChI=1S/C94H82B2N6/c1-91(2)51-53-93(5,6)75-55-69(47-49-73(75)91)101-81-45-29-27-43-77(81)95-79-61-80-84(62-83(79)99(67-39-23-13-24-40-67)85-57-71(59-87(101)89(85)95)97(63-31-15-9-16-32-63)64-33-17-10-18-34-64)100(68-41-25-14-26-42-68)86-58-72(98(65-35-19-11-20-36-65)66-37-21-12-22-38-66)60-88-90(86)96(80)78-44-28-30-46-82(78)102(88)70-48-50-74-76(56-70)94(7,8)54-52-92(74,3)4/h9-50,55-62H,51-54H2,1-8H3. The highest BCUT2D eigenvalue weighted by molar-refractivity contribution is 7.03. The first kappa shape index (κ1) is 61.8. The van der Waals surface area contributed by atoms with Crippen molar-refractivity contribution >= 4 is 149 Å². The third kappa shape index (κ3) is 9.61. The Balaban J connectivity index is 0.924. The molecule has 0 radical (unpaired) electrons. The molecule has 0 atom stereocenters. The maximum absolute atomic E-state index is 2.68. The Morgan fingerprint density at radius 3 is 0.843 bits per heavy atom. The van der Waals surface area contributed by atoms with Crippen molar-refractivity contribution in [3.63, 3.8) is 0 Å². The molecule has 2 aliphatic carbocycles. The van der Waals surface area contributed by atoms with E-state index in [1.54, 1.807) is 0 Å². The second-order valence-corrected chi connectivity index (χ2v) is 31.8. The van der Waals surface area contributed by atoms with Gasteiger partial charge in [0.15, 0.2) is 0 Å². The summed E-state index contributed by atoms with van der Waals surface area (Å²) in [7, 11) is 0. The molecule has 0 saturated heterocycles. The van der Waals surface area contributed by atoms with Crippen LogP contribution in [-0.2, 0) is 21.7 Å². The second-order valence-electron chi connectivity index (χ2n) is 31.8. The predicted molar refractivity (Wildman–Crippen MR) is 434 cm³/mol. The molecule has 0 fully saturated rings. The van der Waals surface area contributed by atoms with Gasteiger partial charge in [-0.05, 0) is 242 Å². The van der Waals surface area contributed by atoms with Crippen LogP contribution in [0, 0.1) is 0 Å². The highest BCUT2D eigenvalue weighted by atomic mass is 15.2. The lowest BCUT2D eigenvalue weighted by Crippen LogP contribution is -2.65. The summed E-state index contributed by atoms with van der Waals surface area (Å²) in [6, 6.07) is 115. The molecule has 19 rings (SSSR count). The summed E-state index contributed by atoms with van der Waals surface area (Å²) in [4.78, 5) is 15.4. The summed E-state index contributed by atoms with van der Waals surface area (Å²) >= 11 is 0. The van der Waals surface area contributed by atoms with Crippen LogP contribution in [-0.4, -0.2) is 13.4 Å². The smallest absolute Gasteiger partial charge is 0.252 e. The lowest BCUT2D eigenvalue weighted by Gasteiger charge is -2.48. The number of nitrogens with zero attached hydrogens (tertiary/aromatic N) is 6. The maximum atomic E-state index is 2.68. The zero-order valence-corrected chi connectivity index (χ0v) is 59.5. The number of anilines is 18. The highest BCUT2D eigenvalue weighted by Crippen LogP contribution is 2.55. The van der Waals surface area contributed by atoms with Crippen molar-refractivity contribution in [3.05, 3.63) is 326 Å². The first-order chi connectivity index (χ1) is 49.6. The summed E-state index contributed by atoms with van der Waals surface area (Å²) in [5.41, 5.74) is 33.9. The molecule has 8 heteroatoms. The van der Waals surface area contributed by atoms with Crippen LogP contribution in [0.1, 0.15) is 103 Å². The summed E-state index contributed by atoms with van der Waals surface area (Å²) in [6.45, 7) is 19.2. The number of para-hydroxylation sites is 8. The molecule has 6 nitrogen and oxygen atoms in total. The number of hydrogen-bond donors (Lipinski definition) is 0. The van der Waals surface area contributed by atoms with Gasteiger partial charge in [0.1, 0.15) is 0 Å². The van der Waals surface area contributed by atoms with Crippen molar-refractivity contribution in [2.24, 2.45) is 0 Å². The van der Waals surface area contributed by atoms with Gasteiger partial charge >= 0.3 is 0 Å². The number of fused-ring (bicyclic) bond motifs is 10. The van der Waals surface area contributed by atoms with E-state index in [-0.39, 0.29) is 35.1 Å². The molecule has 13 aromatic rings. The Bertz CT molecular complexity index is 5050. The molecule has 0 aromatic heterocycles. The van der Waals surface area contributed by atoms with Gasteiger partial charge in [0.05, 0.1) is 11.4 Å². The van der Waals surface area contributed by atoms with Crippen LogP contribution in [0.3, 0.4) is 0 Å². The van der Waals surface area contributed by atoms with Crippen LogP contribution in [0.15, 0.2) is 303 Å². The van der Waals surface area contributed by atoms with Gasteiger partial charge in [0.2, 0.25) is 0 Å². The molecule has 6 aliphatic rings. The lowest BCUT2D eigenvalue weighted by molar-refractivity contribution is 0.332. The van der Waals surface area contributed by atoms with E-state index in [9.17, 15) is 0 Å². The van der Waals surface area contributed by atoms with Crippen molar-refractivity contribution in [2.45, 2.75) is 103 Å². The molecule has 0 N–H and O–H groups in total. The fraction of sp³-hybridized carbons (Fsp3) is 0.170. The summed E-state index contributed by atoms with van der Waals surface area (Å²) < 4.78 is 0. The summed E-state index contributed by atoms with van der Waals surface area (Å²) in [5, 5.41) is 0. The Hall–Kier alpha value is -11.2. The van der Waals surface area contributed by atoms with Crippen molar-refractivity contribution < 1.29 is 0 Å². The fourth-order valence-electron chi connectivity index (χ4n) is 18.5. The van der Waals surface area contributed by atoms with E-state index in [1.165, 1.54) is 89.2 Å². The molecule has 4 aliphatic heterocycles. The quantitative estimate of drug-likeness (QED) is 0.126. The van der Waals surface area contributed by atoms with Crippen LogP contribution in [0.4, 0.5) is 102 Å². The zero-order valence-electron chi connectivity index (χ0n) is 59.5. The average molecular weight is 1320 g/mol. The first-order valence-electron chi connectivity index (χ1n) is 36.7. The number of hydrogen-bond acceptors (Lipinski definition) is 6. The number of benzene rings is 13. The second kappa shape index (κ2) is 23.2. The van der Waals surface area contributed by atoms with E-state index in [0.29, 0.717) is 0 Å². The monoisotopic (exact) mass is 1320 g/mol. The van der Waals surface area contributed by atoms with E-state index >= 15 is 0 Å². The van der Waals surface area contributed by atoms with Crippen molar-refractivity contribution in [3.8, 4) is 0 Å². The molecule has 0 saturated carbocycles. The van der Waals surface area contributed by atoms with Gasteiger partial charge in [-0.2, -0.15) is 0 Å². The summed E-state index contributed by atoms with van der Waals surface area (Å²) in [6.07, 6.45) is 4.55. The van der Waals surface area contributed by atoms with Gasteiger partial charge in [0, 0.05) is 91.0 Å². The van der Waals surface area contributed by atoms with Gasteiger partial charge in [-0.25, -0.2) is 0 Å². The Kier molecular flexibility index (Phi) is 14.0. The largest absolute Gasteiger partial charge is 0.311 e. The van der Waals surface area contributed by atoms with Gasteiger partial charge in [0.25, 0.3) is 13.4 Å². The first-order valence-corrected chi connectivity index (χ1v) is 36.7. The van der Waals surface area contributed by atoms with Crippen LogP contribution in [0.2, 0.25) is 0 Å². The van der Waals surface area contributed by atoms with Crippen LogP contribution in [0.25, 0.3) is 0 Å². The molecule has 494 valence electrons. The third-order valence-electron chi connectivity index (χ3n) is 23.8. The lowest BCUT2D eigenvalue weighted by atomic mass is 9.30. The molecule has 0 unspecified atom stereocenters. The zero-order chi connectivity index (χ0) is 69.0. The van der Waals surface area contributed by atoms with Crippen LogP contribution >= 0.6 is 0 Å². The molecule has 0 amide bonds. The van der Waals surface area contributed by atoms with Crippen LogP contribution < -0.4 is 62.2 Å². The molecular weight excluding hydrogens is 1230 g/mol. The minimum atomic E-state index is -0.177. The van der Waals surface area contributed by atoms with E-state index < -0.39 is 0 Å². The molecule has 0 bridgehead atoms. The molecule has 13 aromatic carbocycles. The molecule has 4 heterocycles. The van der Waals surface area contributed by atoms with Crippen molar-refractivity contribution in [1.82, 2.24) is 0 Å². The maximum Gasteiger partial charge on any atom is 0.252 e. The molecule has 0 spiro atoms.